The van der Waals surface area contributed by atoms with Gasteiger partial charge in [0.15, 0.2) is 0 Å². The highest BCUT2D eigenvalue weighted by molar-refractivity contribution is 5.83. The van der Waals surface area contributed by atoms with Gasteiger partial charge in [0, 0.05) is 20.1 Å². The molecule has 1 saturated heterocycles. The van der Waals surface area contributed by atoms with Crippen molar-refractivity contribution in [1.82, 2.24) is 4.90 Å². The molecule has 0 saturated carbocycles. The molecule has 1 aromatic rings. The van der Waals surface area contributed by atoms with Crippen LogP contribution in [0.5, 0.6) is 0 Å². The molecule has 1 aliphatic rings. The first kappa shape index (κ1) is 11.7. The zero-order chi connectivity index (χ0) is 12.4. The molecule has 4 nitrogen and oxygen atoms in total. The average molecular weight is 237 g/mol. The maximum Gasteiger partial charge on any atom is 0.241 e. The van der Waals surface area contributed by atoms with Crippen molar-refractivity contribution in [2.45, 2.75) is 6.42 Å². The molecule has 17 heavy (non-hydrogen) atoms. The Bertz CT molecular complexity index is 436. The minimum absolute atomic E-state index is 0.0613. The fourth-order valence-corrected chi connectivity index (χ4v) is 2.01. The molecule has 0 spiro atoms. The Labute approximate surface area is 99.8 Å². The molecule has 5 heteroatoms. The molecular formula is C12H16FN3O. The Kier molecular flexibility index (Phi) is 3.17. The van der Waals surface area contributed by atoms with E-state index < -0.39 is 0 Å². The van der Waals surface area contributed by atoms with E-state index in [1.54, 1.807) is 18.0 Å². The normalized spacial score (nSPS) is 17.2. The molecule has 0 atom stereocenters. The van der Waals surface area contributed by atoms with Gasteiger partial charge in [0.2, 0.25) is 5.91 Å². The number of carbonyl (C=O) groups is 1. The molecule has 1 fully saturated rings. The van der Waals surface area contributed by atoms with Gasteiger partial charge < -0.3 is 15.5 Å². The van der Waals surface area contributed by atoms with Crippen LogP contribution in [0.1, 0.15) is 6.42 Å². The van der Waals surface area contributed by atoms with Crippen LogP contribution < -0.4 is 10.6 Å². The highest BCUT2D eigenvalue weighted by Gasteiger charge is 2.20. The van der Waals surface area contributed by atoms with Crippen LogP contribution in [-0.4, -0.2) is 37.5 Å². The Hall–Kier alpha value is -1.78. The number of hydrogen-bond donors (Lipinski definition) is 1. The summed E-state index contributed by atoms with van der Waals surface area (Å²) in [4.78, 5) is 15.4. The van der Waals surface area contributed by atoms with Gasteiger partial charge in [-0.15, -0.1) is 0 Å². The largest absolute Gasteiger partial charge is 0.397 e. The van der Waals surface area contributed by atoms with E-state index in [2.05, 4.69) is 0 Å². The Morgan fingerprint density at radius 2 is 2.12 bits per heavy atom. The summed E-state index contributed by atoms with van der Waals surface area (Å²) in [6.45, 7) is 1.80. The number of anilines is 2. The molecule has 1 heterocycles. The molecule has 92 valence electrons. The fourth-order valence-electron chi connectivity index (χ4n) is 2.01. The first-order valence-electron chi connectivity index (χ1n) is 5.62. The second-order valence-corrected chi connectivity index (χ2v) is 4.29. The van der Waals surface area contributed by atoms with E-state index in [9.17, 15) is 9.18 Å². The van der Waals surface area contributed by atoms with Gasteiger partial charge in [0.05, 0.1) is 17.9 Å². The van der Waals surface area contributed by atoms with Crippen LogP contribution in [0.15, 0.2) is 18.2 Å². The van der Waals surface area contributed by atoms with Gasteiger partial charge in [0.25, 0.3) is 0 Å². The van der Waals surface area contributed by atoms with Crippen LogP contribution in [0.2, 0.25) is 0 Å². The molecule has 0 aliphatic carbocycles. The summed E-state index contributed by atoms with van der Waals surface area (Å²) in [7, 11) is 1.79. The van der Waals surface area contributed by atoms with Crippen molar-refractivity contribution in [3.8, 4) is 0 Å². The third-order valence-corrected chi connectivity index (χ3v) is 3.00. The maximum absolute atomic E-state index is 13.0. The van der Waals surface area contributed by atoms with Gasteiger partial charge >= 0.3 is 0 Å². The molecule has 0 radical (unpaired) electrons. The van der Waals surface area contributed by atoms with E-state index in [1.165, 1.54) is 12.1 Å². The number of halogens is 1. The predicted molar refractivity (Wildman–Crippen MR) is 65.3 cm³/mol. The molecule has 0 unspecified atom stereocenters. The lowest BCUT2D eigenvalue weighted by molar-refractivity contribution is -0.127. The van der Waals surface area contributed by atoms with Gasteiger partial charge in [-0.25, -0.2) is 4.39 Å². The van der Waals surface area contributed by atoms with Gasteiger partial charge in [-0.1, -0.05) is 0 Å². The zero-order valence-electron chi connectivity index (χ0n) is 9.82. The number of nitrogen functional groups attached to an aromatic ring is 1. The summed E-state index contributed by atoms with van der Waals surface area (Å²) in [5.74, 6) is -0.296. The van der Waals surface area contributed by atoms with Crippen molar-refractivity contribution >= 4 is 17.3 Å². The lowest BCUT2D eigenvalue weighted by Crippen LogP contribution is -2.34. The van der Waals surface area contributed by atoms with E-state index >= 15 is 0 Å². The molecular weight excluding hydrogens is 221 g/mol. The predicted octanol–water partition coefficient (Wildman–Crippen LogP) is 1.08. The quantitative estimate of drug-likeness (QED) is 0.743. The summed E-state index contributed by atoms with van der Waals surface area (Å²) in [5.41, 5.74) is 6.89. The number of hydrogen-bond acceptors (Lipinski definition) is 3. The minimum atomic E-state index is -0.357. The van der Waals surface area contributed by atoms with Gasteiger partial charge in [0.1, 0.15) is 5.82 Å². The first-order valence-corrected chi connectivity index (χ1v) is 5.62. The third-order valence-electron chi connectivity index (χ3n) is 3.00. The van der Waals surface area contributed by atoms with Crippen molar-refractivity contribution < 1.29 is 9.18 Å². The highest BCUT2D eigenvalue weighted by atomic mass is 19.1. The molecule has 1 amide bonds. The number of benzene rings is 1. The van der Waals surface area contributed by atoms with Crippen LogP contribution in [0.3, 0.4) is 0 Å². The molecule has 0 bridgehead atoms. The van der Waals surface area contributed by atoms with Crippen molar-refractivity contribution in [2.24, 2.45) is 0 Å². The van der Waals surface area contributed by atoms with Crippen molar-refractivity contribution in [2.75, 3.05) is 37.3 Å². The van der Waals surface area contributed by atoms with Crippen molar-refractivity contribution in [3.05, 3.63) is 24.0 Å². The average Bonchev–Trinajstić information content (AvgIpc) is 2.42. The van der Waals surface area contributed by atoms with E-state index in [0.29, 0.717) is 12.2 Å². The third kappa shape index (κ3) is 2.49. The van der Waals surface area contributed by atoms with Crippen LogP contribution in [-0.2, 0) is 4.79 Å². The summed E-state index contributed by atoms with van der Waals surface area (Å²) in [6.07, 6.45) is 0.888. The van der Waals surface area contributed by atoms with E-state index in [0.717, 1.165) is 25.2 Å². The highest BCUT2D eigenvalue weighted by Crippen LogP contribution is 2.25. The smallest absolute Gasteiger partial charge is 0.241 e. The second kappa shape index (κ2) is 4.61. The van der Waals surface area contributed by atoms with E-state index in [4.69, 9.17) is 5.73 Å². The van der Waals surface area contributed by atoms with Gasteiger partial charge in [-0.3, -0.25) is 4.79 Å². The lowest BCUT2D eigenvalue weighted by atomic mass is 10.2. The topological polar surface area (TPSA) is 49.6 Å². The first-order chi connectivity index (χ1) is 8.08. The summed E-state index contributed by atoms with van der Waals surface area (Å²) < 4.78 is 13.0. The number of nitrogens with zero attached hydrogens (tertiary/aromatic N) is 2. The van der Waals surface area contributed by atoms with Crippen LogP contribution in [0.25, 0.3) is 0 Å². The maximum atomic E-state index is 13.0. The Morgan fingerprint density at radius 3 is 2.82 bits per heavy atom. The van der Waals surface area contributed by atoms with Crippen molar-refractivity contribution in [3.63, 3.8) is 0 Å². The summed E-state index contributed by atoms with van der Waals surface area (Å²) in [5, 5.41) is 0. The van der Waals surface area contributed by atoms with Gasteiger partial charge in [-0.05, 0) is 24.6 Å². The van der Waals surface area contributed by atoms with E-state index in [1.807, 2.05) is 4.90 Å². The number of rotatable bonds is 1. The molecule has 1 aromatic carbocycles. The number of carbonyl (C=O) groups excluding carboxylic acids is 1. The standard InChI is InChI=1S/C12H16FN3O/c1-15-5-2-6-16(8-12(15)17)11-4-3-9(13)7-10(11)14/h3-4,7H,2,5-6,8,14H2,1H3. The summed E-state index contributed by atoms with van der Waals surface area (Å²) >= 11 is 0. The monoisotopic (exact) mass is 237 g/mol. The molecule has 2 N–H and O–H groups in total. The Balaban J connectivity index is 2.24. The molecule has 0 aromatic heterocycles. The number of likely N-dealkylation sites (N-methyl/N-ethyl adjacent to an activating group) is 1. The SMILES string of the molecule is CN1CCCN(c2ccc(F)cc2N)CC1=O. The molecule has 2 rings (SSSR count). The summed E-state index contributed by atoms with van der Waals surface area (Å²) in [6, 6.07) is 4.28. The van der Waals surface area contributed by atoms with E-state index in [-0.39, 0.29) is 11.7 Å². The second-order valence-electron chi connectivity index (χ2n) is 4.29. The lowest BCUT2D eigenvalue weighted by Gasteiger charge is -2.23. The Morgan fingerprint density at radius 1 is 1.35 bits per heavy atom. The van der Waals surface area contributed by atoms with Crippen LogP contribution in [0.4, 0.5) is 15.8 Å². The van der Waals surface area contributed by atoms with Crippen LogP contribution in [0, 0.1) is 5.82 Å². The fraction of sp³-hybridized carbons (Fsp3) is 0.417. The number of amides is 1. The minimum Gasteiger partial charge on any atom is -0.397 e. The zero-order valence-corrected chi connectivity index (χ0v) is 9.82. The molecule has 1 aliphatic heterocycles. The van der Waals surface area contributed by atoms with Crippen LogP contribution >= 0.6 is 0 Å². The number of nitrogens with two attached hydrogens (primary N) is 1. The van der Waals surface area contributed by atoms with Crippen molar-refractivity contribution in [1.29, 1.82) is 0 Å². The van der Waals surface area contributed by atoms with Gasteiger partial charge in [-0.2, -0.15) is 0 Å².